The van der Waals surface area contributed by atoms with Gasteiger partial charge in [-0.2, -0.15) is 0 Å². The van der Waals surface area contributed by atoms with Crippen LogP contribution in [0.3, 0.4) is 0 Å². The van der Waals surface area contributed by atoms with Gasteiger partial charge in [0.15, 0.2) is 0 Å². The highest BCUT2D eigenvalue weighted by molar-refractivity contribution is 6.00. The molecule has 0 fully saturated rings. The van der Waals surface area contributed by atoms with Crippen molar-refractivity contribution in [1.82, 2.24) is 5.32 Å². The van der Waals surface area contributed by atoms with Gasteiger partial charge in [0.25, 0.3) is 5.91 Å². The van der Waals surface area contributed by atoms with Gasteiger partial charge in [0.05, 0.1) is 0 Å². The second kappa shape index (κ2) is 3.27. The number of carbonyl (C=O) groups is 2. The molecule has 5 heteroatoms. The minimum atomic E-state index is -1.02. The van der Waals surface area contributed by atoms with Crippen molar-refractivity contribution in [3.63, 3.8) is 0 Å². The van der Waals surface area contributed by atoms with E-state index in [0.717, 1.165) is 5.56 Å². The number of fused-ring (bicyclic) bond motifs is 1. The first-order valence-corrected chi connectivity index (χ1v) is 4.50. The van der Waals surface area contributed by atoms with Crippen LogP contribution >= 0.6 is 0 Å². The molecule has 0 unspecified atom stereocenters. The molecule has 2 rings (SSSR count). The summed E-state index contributed by atoms with van der Waals surface area (Å²) in [5, 5.41) is 11.2. The van der Waals surface area contributed by atoms with Gasteiger partial charge in [-0.15, -0.1) is 0 Å². The van der Waals surface area contributed by atoms with Crippen molar-refractivity contribution >= 4 is 17.6 Å². The zero-order valence-electron chi connectivity index (χ0n) is 7.86. The van der Waals surface area contributed by atoms with Crippen molar-refractivity contribution in [1.29, 1.82) is 0 Å². The van der Waals surface area contributed by atoms with E-state index in [2.05, 4.69) is 5.32 Å². The smallest absolute Gasteiger partial charge is 0.326 e. The lowest BCUT2D eigenvalue weighted by atomic mass is 9.95. The van der Waals surface area contributed by atoms with E-state index < -0.39 is 12.0 Å². The third-order valence-corrected chi connectivity index (χ3v) is 2.41. The number of rotatable bonds is 1. The fourth-order valence-corrected chi connectivity index (χ4v) is 1.64. The normalized spacial score (nSPS) is 19.2. The standard InChI is InChI=1S/C10H10N2O3/c11-6-2-1-5-3-8(10(14)15)12-9(13)7(5)4-6/h1-2,4,8H,3,11H2,(H,12,13)(H,14,15)/t8-/m0/s1. The molecular formula is C10H10N2O3. The summed E-state index contributed by atoms with van der Waals surface area (Å²) in [6.45, 7) is 0. The van der Waals surface area contributed by atoms with Crippen LogP contribution in [-0.4, -0.2) is 23.0 Å². The monoisotopic (exact) mass is 206 g/mol. The third-order valence-electron chi connectivity index (χ3n) is 2.41. The molecule has 1 aromatic rings. The van der Waals surface area contributed by atoms with Gasteiger partial charge in [-0.1, -0.05) is 6.07 Å². The van der Waals surface area contributed by atoms with Gasteiger partial charge >= 0.3 is 5.97 Å². The highest BCUT2D eigenvalue weighted by atomic mass is 16.4. The summed E-state index contributed by atoms with van der Waals surface area (Å²) >= 11 is 0. The van der Waals surface area contributed by atoms with Gasteiger partial charge < -0.3 is 16.2 Å². The second-order valence-corrected chi connectivity index (χ2v) is 3.48. The number of nitrogens with two attached hydrogens (primary N) is 1. The molecular weight excluding hydrogens is 196 g/mol. The van der Waals surface area contributed by atoms with Crippen LogP contribution in [-0.2, 0) is 11.2 Å². The summed E-state index contributed by atoms with van der Waals surface area (Å²) in [4.78, 5) is 22.3. The molecule has 0 radical (unpaired) electrons. The van der Waals surface area contributed by atoms with E-state index in [-0.39, 0.29) is 5.91 Å². The Morgan fingerprint density at radius 3 is 2.93 bits per heavy atom. The van der Waals surface area contributed by atoms with E-state index in [9.17, 15) is 9.59 Å². The summed E-state index contributed by atoms with van der Waals surface area (Å²) < 4.78 is 0. The Kier molecular flexibility index (Phi) is 2.07. The van der Waals surface area contributed by atoms with Crippen molar-refractivity contribution < 1.29 is 14.7 Å². The van der Waals surface area contributed by atoms with Crippen LogP contribution in [0.4, 0.5) is 5.69 Å². The minimum absolute atomic E-state index is 0.302. The Balaban J connectivity index is 2.41. The number of nitrogen functional groups attached to an aromatic ring is 1. The van der Waals surface area contributed by atoms with Crippen molar-refractivity contribution in [3.8, 4) is 0 Å². The number of nitrogens with one attached hydrogen (secondary N) is 1. The maximum Gasteiger partial charge on any atom is 0.326 e. The second-order valence-electron chi connectivity index (χ2n) is 3.48. The minimum Gasteiger partial charge on any atom is -0.480 e. The van der Waals surface area contributed by atoms with Crippen LogP contribution in [0.5, 0.6) is 0 Å². The van der Waals surface area contributed by atoms with Gasteiger partial charge in [0.2, 0.25) is 0 Å². The molecule has 15 heavy (non-hydrogen) atoms. The first kappa shape index (κ1) is 9.51. The molecule has 1 aromatic carbocycles. The average molecular weight is 206 g/mol. The van der Waals surface area contributed by atoms with Crippen LogP contribution in [0.2, 0.25) is 0 Å². The summed E-state index contributed by atoms with van der Waals surface area (Å²) in [5.41, 5.74) is 7.23. The first-order chi connectivity index (χ1) is 7.08. The van der Waals surface area contributed by atoms with Gasteiger partial charge in [0.1, 0.15) is 6.04 Å². The molecule has 0 saturated carbocycles. The topological polar surface area (TPSA) is 92.4 Å². The lowest BCUT2D eigenvalue weighted by Gasteiger charge is -2.22. The molecule has 1 amide bonds. The quantitative estimate of drug-likeness (QED) is 0.564. The summed E-state index contributed by atoms with van der Waals surface area (Å²) in [5.74, 6) is -1.40. The molecule has 0 aliphatic carbocycles. The SMILES string of the molecule is Nc1ccc2c(c1)C(=O)N[C@H](C(=O)O)C2. The van der Waals surface area contributed by atoms with Crippen molar-refractivity contribution in [2.45, 2.75) is 12.5 Å². The van der Waals surface area contributed by atoms with Crippen LogP contribution in [0, 0.1) is 0 Å². The molecule has 1 atom stereocenters. The van der Waals surface area contributed by atoms with Crippen LogP contribution < -0.4 is 11.1 Å². The van der Waals surface area contributed by atoms with E-state index in [4.69, 9.17) is 10.8 Å². The number of carboxylic acids is 1. The largest absolute Gasteiger partial charge is 0.480 e. The molecule has 0 bridgehead atoms. The molecule has 0 saturated heterocycles. The Hall–Kier alpha value is -2.04. The summed E-state index contributed by atoms with van der Waals surface area (Å²) in [7, 11) is 0. The highest BCUT2D eigenvalue weighted by Crippen LogP contribution is 2.19. The van der Waals surface area contributed by atoms with Crippen molar-refractivity contribution in [2.75, 3.05) is 5.73 Å². The average Bonchev–Trinajstić information content (AvgIpc) is 2.18. The zero-order chi connectivity index (χ0) is 11.0. The number of amides is 1. The number of benzene rings is 1. The molecule has 0 spiro atoms. The van der Waals surface area contributed by atoms with Crippen LogP contribution in [0.25, 0.3) is 0 Å². The number of anilines is 1. The number of carboxylic acid groups (broad SMARTS) is 1. The lowest BCUT2D eigenvalue weighted by Crippen LogP contribution is -2.46. The van der Waals surface area contributed by atoms with E-state index >= 15 is 0 Å². The summed E-state index contributed by atoms with van der Waals surface area (Å²) in [6, 6.07) is 4.08. The third kappa shape index (κ3) is 1.63. The number of carbonyl (C=O) groups excluding carboxylic acids is 1. The molecule has 5 nitrogen and oxygen atoms in total. The fraction of sp³-hybridized carbons (Fsp3) is 0.200. The van der Waals surface area contributed by atoms with Crippen LogP contribution in [0.1, 0.15) is 15.9 Å². The molecule has 0 aromatic heterocycles. The Labute approximate surface area is 85.9 Å². The van der Waals surface area contributed by atoms with E-state index in [1.165, 1.54) is 0 Å². The van der Waals surface area contributed by atoms with Gasteiger partial charge in [0, 0.05) is 17.7 Å². The number of hydrogen-bond donors (Lipinski definition) is 3. The lowest BCUT2D eigenvalue weighted by molar-refractivity contribution is -0.139. The van der Waals surface area contributed by atoms with Crippen LogP contribution in [0.15, 0.2) is 18.2 Å². The predicted octanol–water partition coefficient (Wildman–Crippen LogP) is 0.00790. The first-order valence-electron chi connectivity index (χ1n) is 4.50. The fourth-order valence-electron chi connectivity index (χ4n) is 1.64. The number of hydrogen-bond acceptors (Lipinski definition) is 3. The van der Waals surface area contributed by atoms with Crippen molar-refractivity contribution in [2.24, 2.45) is 0 Å². The zero-order valence-corrected chi connectivity index (χ0v) is 7.86. The molecule has 1 aliphatic rings. The highest BCUT2D eigenvalue weighted by Gasteiger charge is 2.28. The predicted molar refractivity (Wildman–Crippen MR) is 53.4 cm³/mol. The molecule has 4 N–H and O–H groups in total. The van der Waals surface area contributed by atoms with E-state index in [1.807, 2.05) is 0 Å². The Bertz CT molecular complexity index is 442. The van der Waals surface area contributed by atoms with Crippen molar-refractivity contribution in [3.05, 3.63) is 29.3 Å². The Morgan fingerprint density at radius 1 is 1.53 bits per heavy atom. The van der Waals surface area contributed by atoms with Gasteiger partial charge in [-0.05, 0) is 17.7 Å². The Morgan fingerprint density at radius 2 is 2.27 bits per heavy atom. The number of aliphatic carboxylic acids is 1. The maximum absolute atomic E-state index is 11.5. The summed E-state index contributed by atoms with van der Waals surface area (Å²) in [6.07, 6.45) is 0.302. The molecule has 78 valence electrons. The molecule has 1 heterocycles. The van der Waals surface area contributed by atoms with E-state index in [0.29, 0.717) is 17.7 Å². The van der Waals surface area contributed by atoms with Gasteiger partial charge in [-0.25, -0.2) is 4.79 Å². The van der Waals surface area contributed by atoms with Gasteiger partial charge in [-0.3, -0.25) is 4.79 Å². The van der Waals surface area contributed by atoms with E-state index in [1.54, 1.807) is 18.2 Å². The maximum atomic E-state index is 11.5. The molecule has 1 aliphatic heterocycles.